The van der Waals surface area contributed by atoms with Gasteiger partial charge in [-0.15, -0.1) is 5.14 Å². The molecular weight excluding hydrogens is 474 g/mol. The maximum Gasteiger partial charge on any atom is 0.253 e. The molecule has 0 saturated carbocycles. The summed E-state index contributed by atoms with van der Waals surface area (Å²) in [5.41, 5.74) is 1.70. The van der Waals surface area contributed by atoms with Crippen LogP contribution in [0.15, 0.2) is 59.5 Å². The fourth-order valence-corrected chi connectivity index (χ4v) is 3.85. The van der Waals surface area contributed by atoms with E-state index in [1.165, 1.54) is 24.3 Å². The number of ether oxygens (including phenoxy) is 1. The molecule has 0 saturated heterocycles. The Morgan fingerprint density at radius 1 is 1.16 bits per heavy atom. The number of benzene rings is 3. The second-order valence-electron chi connectivity index (χ2n) is 7.34. The molecule has 3 aromatic carbocycles. The summed E-state index contributed by atoms with van der Waals surface area (Å²) in [4.78, 5) is 13.2. The van der Waals surface area contributed by atoms with Gasteiger partial charge >= 0.3 is 0 Å². The average Bonchev–Trinajstić information content (AvgIpc) is 2.75. The van der Waals surface area contributed by atoms with Gasteiger partial charge in [0.2, 0.25) is 0 Å². The molecule has 3 aromatic rings. The van der Waals surface area contributed by atoms with Crippen molar-refractivity contribution in [3.8, 4) is 11.5 Å². The molecule has 32 heavy (non-hydrogen) atoms. The molecule has 1 amide bonds. The Morgan fingerprint density at radius 3 is 2.47 bits per heavy atom. The highest BCUT2D eigenvalue weighted by molar-refractivity contribution is 7.89. The van der Waals surface area contributed by atoms with E-state index in [1.54, 1.807) is 30.3 Å². The second kappa shape index (κ2) is 10.6. The molecule has 1 unspecified atom stereocenters. The summed E-state index contributed by atoms with van der Waals surface area (Å²) in [6.07, 6.45) is 0. The van der Waals surface area contributed by atoms with Crippen LogP contribution >= 0.6 is 23.2 Å². The van der Waals surface area contributed by atoms with Crippen molar-refractivity contribution < 1.29 is 18.5 Å². The van der Waals surface area contributed by atoms with E-state index in [1.807, 2.05) is 13.8 Å². The number of rotatable bonds is 7. The summed E-state index contributed by atoms with van der Waals surface area (Å²) in [6, 6.07) is 14.0. The Kier molecular flexibility index (Phi) is 8.03. The van der Waals surface area contributed by atoms with Crippen LogP contribution in [0.1, 0.15) is 41.3 Å². The highest BCUT2D eigenvalue weighted by Crippen LogP contribution is 2.39. The maximum atomic E-state index is 14.0. The van der Waals surface area contributed by atoms with E-state index in [9.17, 15) is 13.7 Å². The van der Waals surface area contributed by atoms with Gasteiger partial charge in [0, 0.05) is 12.6 Å². The van der Waals surface area contributed by atoms with Crippen molar-refractivity contribution in [2.45, 2.75) is 31.2 Å². The Hall–Kier alpha value is -2.29. The molecule has 0 spiro atoms. The lowest BCUT2D eigenvalue weighted by Crippen LogP contribution is -2.23. The molecule has 168 valence electrons. The zero-order chi connectivity index (χ0) is 23.4. The van der Waals surface area contributed by atoms with Crippen molar-refractivity contribution in [3.63, 3.8) is 0 Å². The van der Waals surface area contributed by atoms with Crippen LogP contribution in [-0.2, 0) is 17.9 Å². The van der Waals surface area contributed by atoms with Crippen molar-refractivity contribution in [2.24, 2.45) is 5.14 Å². The fourth-order valence-electron chi connectivity index (χ4n) is 2.91. The van der Waals surface area contributed by atoms with E-state index in [0.29, 0.717) is 4.90 Å². The average molecular weight is 495 g/mol. The van der Waals surface area contributed by atoms with Crippen molar-refractivity contribution in [1.29, 1.82) is 0 Å². The van der Waals surface area contributed by atoms with Crippen molar-refractivity contribution >= 4 is 40.5 Å². The zero-order valence-corrected chi connectivity index (χ0v) is 19.7. The quantitative estimate of drug-likeness (QED) is 0.396. The van der Waals surface area contributed by atoms with Gasteiger partial charge in [0.1, 0.15) is 11.6 Å². The summed E-state index contributed by atoms with van der Waals surface area (Å²) in [5.74, 6) is -0.500. The van der Waals surface area contributed by atoms with Crippen LogP contribution < -0.4 is 15.2 Å². The Balaban J connectivity index is 1.79. The summed E-state index contributed by atoms with van der Waals surface area (Å²) >= 11 is 11.1. The maximum absolute atomic E-state index is 14.0. The smallest absolute Gasteiger partial charge is 0.253 e. The molecule has 0 radical (unpaired) electrons. The molecular formula is C23H21Cl2FN2O3S. The van der Waals surface area contributed by atoms with Gasteiger partial charge in [-0.1, -0.05) is 49.2 Å². The van der Waals surface area contributed by atoms with E-state index in [0.717, 1.165) is 11.1 Å². The molecule has 3 rings (SSSR count). The first kappa shape index (κ1) is 24.4. The van der Waals surface area contributed by atoms with Crippen molar-refractivity contribution in [1.82, 2.24) is 5.32 Å². The molecule has 0 heterocycles. The Labute approximate surface area is 199 Å². The minimum Gasteiger partial charge on any atom is -0.593 e. The molecule has 0 aromatic heterocycles. The molecule has 0 fully saturated rings. The predicted octanol–water partition coefficient (Wildman–Crippen LogP) is 5.96. The first-order chi connectivity index (χ1) is 15.2. The second-order valence-corrected chi connectivity index (χ2v) is 9.19. The van der Waals surface area contributed by atoms with E-state index in [4.69, 9.17) is 33.1 Å². The van der Waals surface area contributed by atoms with Gasteiger partial charge in [-0.2, -0.15) is 0 Å². The number of carbonyl (C=O) groups excluding carboxylic acids is 1. The predicted molar refractivity (Wildman–Crippen MR) is 125 cm³/mol. The van der Waals surface area contributed by atoms with Crippen LogP contribution in [0.5, 0.6) is 11.5 Å². The largest absolute Gasteiger partial charge is 0.593 e. The number of hydrogen-bond acceptors (Lipinski definition) is 4. The standard InChI is InChI=1S/C23H21Cl2FN2O3S/c1-13(2)15-9-16(26)11-17(10-15)31-22-20(24)8-7-19(21(22)25)23(29)28-12-14-3-5-18(6-4-14)32(27)30/h3-11,13H,12,27H2,1-2H3,(H,28,29). The minimum absolute atomic E-state index is 0.0132. The van der Waals surface area contributed by atoms with Crippen LogP contribution in [0.3, 0.4) is 0 Å². The van der Waals surface area contributed by atoms with Crippen LogP contribution in [-0.4, -0.2) is 10.5 Å². The highest BCUT2D eigenvalue weighted by atomic mass is 35.5. The number of amides is 1. The van der Waals surface area contributed by atoms with Gasteiger partial charge in [0.15, 0.2) is 10.6 Å². The Morgan fingerprint density at radius 2 is 1.84 bits per heavy atom. The number of halogens is 3. The Bertz CT molecular complexity index is 1120. The number of hydrogen-bond donors (Lipinski definition) is 2. The topological polar surface area (TPSA) is 87.4 Å². The van der Waals surface area contributed by atoms with Crippen LogP contribution in [0, 0.1) is 5.82 Å². The highest BCUT2D eigenvalue weighted by Gasteiger charge is 2.19. The van der Waals surface area contributed by atoms with Gasteiger partial charge in [-0.25, -0.2) is 4.39 Å². The third-order valence-electron chi connectivity index (χ3n) is 4.68. The monoisotopic (exact) mass is 494 g/mol. The lowest BCUT2D eigenvalue weighted by Gasteiger charge is -2.15. The van der Waals surface area contributed by atoms with Crippen LogP contribution in [0.4, 0.5) is 4.39 Å². The van der Waals surface area contributed by atoms with Crippen molar-refractivity contribution in [3.05, 3.63) is 87.2 Å². The molecule has 3 N–H and O–H groups in total. The molecule has 1 atom stereocenters. The van der Waals surface area contributed by atoms with Crippen LogP contribution in [0.2, 0.25) is 10.0 Å². The first-order valence-electron chi connectivity index (χ1n) is 9.65. The van der Waals surface area contributed by atoms with E-state index in [-0.39, 0.29) is 39.6 Å². The molecule has 0 aliphatic carbocycles. The molecule has 9 heteroatoms. The van der Waals surface area contributed by atoms with Gasteiger partial charge in [0.25, 0.3) is 5.91 Å². The summed E-state index contributed by atoms with van der Waals surface area (Å²) < 4.78 is 31.0. The number of nitrogens with one attached hydrogen (secondary N) is 1. The van der Waals surface area contributed by atoms with Gasteiger partial charge in [0.05, 0.1) is 27.0 Å². The molecule has 0 bridgehead atoms. The summed E-state index contributed by atoms with van der Waals surface area (Å²) in [6.45, 7) is 4.09. The summed E-state index contributed by atoms with van der Waals surface area (Å²) in [5, 5.41) is 8.30. The fraction of sp³-hybridized carbons (Fsp3) is 0.174. The van der Waals surface area contributed by atoms with Crippen molar-refractivity contribution in [2.75, 3.05) is 0 Å². The SMILES string of the molecule is CC(C)c1cc(F)cc(Oc2c(Cl)ccc(C(=O)NCc3ccc([S+](N)[O-])cc3)c2Cl)c1. The van der Waals surface area contributed by atoms with Gasteiger partial charge < -0.3 is 14.6 Å². The molecule has 0 aliphatic rings. The lowest BCUT2D eigenvalue weighted by molar-refractivity contribution is 0.0950. The normalized spacial score (nSPS) is 12.0. The van der Waals surface area contributed by atoms with E-state index >= 15 is 0 Å². The molecule has 5 nitrogen and oxygen atoms in total. The summed E-state index contributed by atoms with van der Waals surface area (Å²) in [7, 11) is 0. The van der Waals surface area contributed by atoms with Crippen LogP contribution in [0.25, 0.3) is 0 Å². The van der Waals surface area contributed by atoms with E-state index in [2.05, 4.69) is 5.32 Å². The lowest BCUT2D eigenvalue weighted by atomic mass is 10.0. The molecule has 0 aliphatic heterocycles. The zero-order valence-electron chi connectivity index (χ0n) is 17.3. The van der Waals surface area contributed by atoms with Gasteiger partial charge in [-0.3, -0.25) is 4.79 Å². The number of carbonyl (C=O) groups is 1. The first-order valence-corrected chi connectivity index (χ1v) is 11.6. The van der Waals surface area contributed by atoms with Gasteiger partial charge in [-0.05, 0) is 53.4 Å². The third-order valence-corrected chi connectivity index (χ3v) is 6.09. The number of nitrogens with two attached hydrogens (primary N) is 1. The third kappa shape index (κ3) is 5.94. The minimum atomic E-state index is -1.57. The van der Waals surface area contributed by atoms with E-state index < -0.39 is 23.1 Å².